The van der Waals surface area contributed by atoms with Crippen LogP contribution in [0.5, 0.6) is 11.5 Å². The maximum atomic E-state index is 11.9. The zero-order valence-corrected chi connectivity index (χ0v) is 11.8. The molecule has 1 unspecified atom stereocenters. The Kier molecular flexibility index (Phi) is 3.09. The number of hydrogen-bond donors (Lipinski definition) is 2. The number of ether oxygens (including phenoxy) is 2. The molecule has 0 aromatic heterocycles. The van der Waals surface area contributed by atoms with Gasteiger partial charge in [-0.2, -0.15) is 0 Å². The number of anilines is 1. The van der Waals surface area contributed by atoms with Crippen molar-refractivity contribution in [2.75, 3.05) is 5.32 Å². The number of carbonyl (C=O) groups excluding carboxylic acids is 1. The van der Waals surface area contributed by atoms with Gasteiger partial charge >= 0.3 is 0 Å². The molecule has 1 aromatic carbocycles. The summed E-state index contributed by atoms with van der Waals surface area (Å²) in [4.78, 5) is 11.9. The second-order valence-electron chi connectivity index (χ2n) is 6.02. The van der Waals surface area contributed by atoms with Gasteiger partial charge < -0.3 is 20.5 Å². The number of hydrogen-bond acceptors (Lipinski definition) is 4. The minimum atomic E-state index is -0.653. The smallest absolute Gasteiger partial charge is 0.246 e. The second-order valence-corrected chi connectivity index (χ2v) is 6.02. The van der Waals surface area contributed by atoms with E-state index < -0.39 is 5.79 Å². The molecule has 3 N–H and O–H groups in total. The van der Waals surface area contributed by atoms with Gasteiger partial charge in [-0.15, -0.1) is 0 Å². The number of rotatable bonds is 4. The Balaban J connectivity index is 1.62. The third-order valence-electron chi connectivity index (χ3n) is 3.59. The first kappa shape index (κ1) is 13.2. The van der Waals surface area contributed by atoms with Crippen molar-refractivity contribution in [1.29, 1.82) is 0 Å². The van der Waals surface area contributed by atoms with Gasteiger partial charge in [0.2, 0.25) is 11.7 Å². The lowest BCUT2D eigenvalue weighted by Gasteiger charge is -2.16. The van der Waals surface area contributed by atoms with Gasteiger partial charge in [-0.3, -0.25) is 4.79 Å². The Morgan fingerprint density at radius 3 is 2.80 bits per heavy atom. The van der Waals surface area contributed by atoms with Gasteiger partial charge in [0.15, 0.2) is 11.5 Å². The molecule has 1 aliphatic heterocycles. The van der Waals surface area contributed by atoms with E-state index in [0.717, 1.165) is 12.8 Å². The summed E-state index contributed by atoms with van der Waals surface area (Å²) in [6.45, 7) is 3.69. The lowest BCUT2D eigenvalue weighted by Crippen LogP contribution is -2.29. The summed E-state index contributed by atoms with van der Waals surface area (Å²) < 4.78 is 11.3. The normalized spacial score (nSPS) is 20.6. The van der Waals surface area contributed by atoms with E-state index in [0.29, 0.717) is 29.5 Å². The monoisotopic (exact) mass is 276 g/mol. The van der Waals surface area contributed by atoms with Crippen LogP contribution >= 0.6 is 0 Å². The Labute approximate surface area is 118 Å². The number of amides is 1. The maximum absolute atomic E-state index is 11.9. The van der Waals surface area contributed by atoms with E-state index in [1.54, 1.807) is 12.1 Å². The van der Waals surface area contributed by atoms with E-state index in [1.807, 2.05) is 19.9 Å². The fraction of sp³-hybridized carbons (Fsp3) is 0.533. The van der Waals surface area contributed by atoms with Gasteiger partial charge in [-0.1, -0.05) is 0 Å². The van der Waals surface area contributed by atoms with Crippen LogP contribution in [-0.4, -0.2) is 17.7 Å². The van der Waals surface area contributed by atoms with Gasteiger partial charge in [-0.25, -0.2) is 0 Å². The average Bonchev–Trinajstić information content (AvgIpc) is 3.11. The molecule has 1 aliphatic carbocycles. The highest BCUT2D eigenvalue weighted by atomic mass is 16.7. The molecule has 3 rings (SSSR count). The number of fused-ring (bicyclic) bond motifs is 1. The lowest BCUT2D eigenvalue weighted by atomic mass is 10.1. The molecule has 2 aliphatic rings. The minimum absolute atomic E-state index is 0.0251. The Bertz CT molecular complexity index is 538. The zero-order chi connectivity index (χ0) is 14.3. The predicted molar refractivity (Wildman–Crippen MR) is 75.7 cm³/mol. The third kappa shape index (κ3) is 2.88. The highest BCUT2D eigenvalue weighted by Gasteiger charge is 2.32. The van der Waals surface area contributed by atoms with E-state index in [2.05, 4.69) is 5.32 Å². The second kappa shape index (κ2) is 4.66. The van der Waals surface area contributed by atoms with Crippen molar-refractivity contribution in [2.45, 2.75) is 44.9 Å². The van der Waals surface area contributed by atoms with Crippen molar-refractivity contribution in [1.82, 2.24) is 0 Å². The standard InChI is InChI=1S/C15H20N2O3/c1-15(2)19-12-6-5-10(7-13(12)20-15)17-14(18)8-11(16)9-3-4-9/h5-7,9,11H,3-4,8,16H2,1-2H3,(H,17,18). The molecule has 1 saturated carbocycles. The Morgan fingerprint density at radius 2 is 2.10 bits per heavy atom. The minimum Gasteiger partial charge on any atom is -0.449 e. The molecule has 0 radical (unpaired) electrons. The zero-order valence-electron chi connectivity index (χ0n) is 11.8. The third-order valence-corrected chi connectivity index (χ3v) is 3.59. The first-order valence-electron chi connectivity index (χ1n) is 7.00. The quantitative estimate of drug-likeness (QED) is 0.884. The van der Waals surface area contributed by atoms with Crippen LogP contribution in [0.15, 0.2) is 18.2 Å². The van der Waals surface area contributed by atoms with Crippen LogP contribution in [0, 0.1) is 5.92 Å². The van der Waals surface area contributed by atoms with E-state index in [-0.39, 0.29) is 11.9 Å². The first-order valence-corrected chi connectivity index (χ1v) is 7.00. The molecule has 108 valence electrons. The highest BCUT2D eigenvalue weighted by molar-refractivity contribution is 5.91. The molecule has 5 nitrogen and oxygen atoms in total. The summed E-state index contributed by atoms with van der Waals surface area (Å²) >= 11 is 0. The molecular weight excluding hydrogens is 256 g/mol. The molecule has 1 amide bonds. The van der Waals surface area contributed by atoms with E-state index in [4.69, 9.17) is 15.2 Å². The van der Waals surface area contributed by atoms with Crippen molar-refractivity contribution in [2.24, 2.45) is 11.7 Å². The molecule has 1 aromatic rings. The predicted octanol–water partition coefficient (Wildman–Crippen LogP) is 2.26. The van der Waals surface area contributed by atoms with E-state index in [1.165, 1.54) is 0 Å². The fourth-order valence-corrected chi connectivity index (χ4v) is 2.42. The summed E-state index contributed by atoms with van der Waals surface area (Å²) in [6.07, 6.45) is 2.66. The molecule has 1 fully saturated rings. The van der Waals surface area contributed by atoms with Crippen molar-refractivity contribution < 1.29 is 14.3 Å². The van der Waals surface area contributed by atoms with Crippen molar-refractivity contribution in [3.05, 3.63) is 18.2 Å². The van der Waals surface area contributed by atoms with Crippen molar-refractivity contribution >= 4 is 11.6 Å². The van der Waals surface area contributed by atoms with Gasteiger partial charge in [-0.05, 0) is 30.9 Å². The molecule has 0 spiro atoms. The molecule has 1 atom stereocenters. The molecule has 5 heteroatoms. The molecule has 0 bridgehead atoms. The topological polar surface area (TPSA) is 73.6 Å². The van der Waals surface area contributed by atoms with E-state index >= 15 is 0 Å². The molecule has 20 heavy (non-hydrogen) atoms. The maximum Gasteiger partial charge on any atom is 0.246 e. The van der Waals surface area contributed by atoms with Crippen LogP contribution in [0.3, 0.4) is 0 Å². The largest absolute Gasteiger partial charge is 0.449 e. The van der Waals surface area contributed by atoms with Crippen LogP contribution < -0.4 is 20.5 Å². The van der Waals surface area contributed by atoms with Crippen LogP contribution in [0.1, 0.15) is 33.1 Å². The van der Waals surface area contributed by atoms with Crippen LogP contribution in [0.4, 0.5) is 5.69 Å². The Hall–Kier alpha value is -1.75. The summed E-state index contributed by atoms with van der Waals surface area (Å²) in [7, 11) is 0. The van der Waals surface area contributed by atoms with E-state index in [9.17, 15) is 4.79 Å². The van der Waals surface area contributed by atoms with Crippen molar-refractivity contribution in [3.63, 3.8) is 0 Å². The average molecular weight is 276 g/mol. The SMILES string of the molecule is CC1(C)Oc2ccc(NC(=O)CC(N)C3CC3)cc2O1. The van der Waals surface area contributed by atoms with Gasteiger partial charge in [0.1, 0.15) is 0 Å². The first-order chi connectivity index (χ1) is 9.43. The summed E-state index contributed by atoms with van der Waals surface area (Å²) in [5.74, 6) is 1.17. The number of benzene rings is 1. The summed E-state index contributed by atoms with van der Waals surface area (Å²) in [5.41, 5.74) is 6.66. The van der Waals surface area contributed by atoms with Crippen LogP contribution in [-0.2, 0) is 4.79 Å². The van der Waals surface area contributed by atoms with Crippen molar-refractivity contribution in [3.8, 4) is 11.5 Å². The number of nitrogens with one attached hydrogen (secondary N) is 1. The van der Waals surface area contributed by atoms with Gasteiger partial charge in [0.05, 0.1) is 0 Å². The number of nitrogens with two attached hydrogens (primary N) is 1. The Morgan fingerprint density at radius 1 is 1.40 bits per heavy atom. The molecular formula is C15H20N2O3. The molecule has 1 heterocycles. The number of carbonyl (C=O) groups is 1. The van der Waals surface area contributed by atoms with Gasteiger partial charge in [0, 0.05) is 38.1 Å². The molecule has 0 saturated heterocycles. The lowest BCUT2D eigenvalue weighted by molar-refractivity contribution is -0.116. The summed E-state index contributed by atoms with van der Waals surface area (Å²) in [5, 5.41) is 2.86. The van der Waals surface area contributed by atoms with Crippen LogP contribution in [0.2, 0.25) is 0 Å². The summed E-state index contributed by atoms with van der Waals surface area (Å²) in [6, 6.07) is 5.37. The highest BCUT2D eigenvalue weighted by Crippen LogP contribution is 2.40. The van der Waals surface area contributed by atoms with Crippen LogP contribution in [0.25, 0.3) is 0 Å². The fourth-order valence-electron chi connectivity index (χ4n) is 2.42. The van der Waals surface area contributed by atoms with Gasteiger partial charge in [0.25, 0.3) is 0 Å².